The Labute approximate surface area is 83.9 Å². The van der Waals surface area contributed by atoms with Crippen LogP contribution in [0, 0.1) is 0 Å². The Balaban J connectivity index is 2.11. The van der Waals surface area contributed by atoms with Crippen LogP contribution < -0.4 is 4.90 Å². The minimum Gasteiger partial charge on any atom is -0.372 e. The molecule has 14 heavy (non-hydrogen) atoms. The molecule has 4 nitrogen and oxygen atoms in total. The van der Waals surface area contributed by atoms with Crippen LogP contribution in [0.5, 0.6) is 0 Å². The highest BCUT2D eigenvalue weighted by atomic mass is 16.5. The fraction of sp³-hybridized carbons (Fsp3) is 0.600. The quantitative estimate of drug-likeness (QED) is 0.669. The molecule has 0 bridgehead atoms. The van der Waals surface area contributed by atoms with Crippen LogP contribution in [0.1, 0.15) is 13.8 Å². The highest BCUT2D eigenvalue weighted by Crippen LogP contribution is 2.17. The molecule has 0 aromatic carbocycles. The molecule has 1 aliphatic rings. The van der Waals surface area contributed by atoms with Crippen LogP contribution in [0.2, 0.25) is 0 Å². The van der Waals surface area contributed by atoms with E-state index in [0.717, 1.165) is 18.8 Å². The summed E-state index contributed by atoms with van der Waals surface area (Å²) in [6.07, 6.45) is 5.80. The van der Waals surface area contributed by atoms with E-state index < -0.39 is 0 Å². The third-order valence-corrected chi connectivity index (χ3v) is 2.33. The molecular formula is C10H15N3O. The lowest BCUT2D eigenvalue weighted by Gasteiger charge is -2.36. The second-order valence-electron chi connectivity index (χ2n) is 3.76. The number of hydrogen-bond acceptors (Lipinski definition) is 4. The first-order chi connectivity index (χ1) is 6.75. The van der Waals surface area contributed by atoms with Gasteiger partial charge < -0.3 is 9.64 Å². The van der Waals surface area contributed by atoms with Crippen LogP contribution in [0.25, 0.3) is 0 Å². The van der Waals surface area contributed by atoms with Crippen LogP contribution in [0.3, 0.4) is 0 Å². The molecule has 2 atom stereocenters. The second kappa shape index (κ2) is 3.92. The van der Waals surface area contributed by atoms with Gasteiger partial charge in [0.2, 0.25) is 0 Å². The molecule has 1 aromatic heterocycles. The average Bonchev–Trinajstić information content (AvgIpc) is 2.18. The van der Waals surface area contributed by atoms with Crippen molar-refractivity contribution in [3.8, 4) is 0 Å². The van der Waals surface area contributed by atoms with Gasteiger partial charge in [-0.2, -0.15) is 0 Å². The Morgan fingerprint density at radius 3 is 2.36 bits per heavy atom. The highest BCUT2D eigenvalue weighted by Gasteiger charge is 2.22. The molecule has 4 heteroatoms. The van der Waals surface area contributed by atoms with Crippen LogP contribution >= 0.6 is 0 Å². The second-order valence-corrected chi connectivity index (χ2v) is 3.76. The monoisotopic (exact) mass is 193 g/mol. The summed E-state index contributed by atoms with van der Waals surface area (Å²) in [5, 5.41) is 0. The minimum absolute atomic E-state index is 0.277. The Hall–Kier alpha value is -1.16. The number of anilines is 1. The fourth-order valence-corrected chi connectivity index (χ4v) is 1.84. The molecule has 0 aliphatic carbocycles. The maximum Gasteiger partial charge on any atom is 0.115 e. The van der Waals surface area contributed by atoms with Gasteiger partial charge in [0.15, 0.2) is 0 Å². The van der Waals surface area contributed by atoms with Gasteiger partial charge in [0.05, 0.1) is 30.3 Å². The molecule has 0 spiro atoms. The summed E-state index contributed by atoms with van der Waals surface area (Å²) in [6.45, 7) is 6.01. The molecule has 1 saturated heterocycles. The van der Waals surface area contributed by atoms with Crippen molar-refractivity contribution in [1.82, 2.24) is 9.97 Å². The van der Waals surface area contributed by atoms with Crippen molar-refractivity contribution in [2.75, 3.05) is 18.0 Å². The van der Waals surface area contributed by atoms with Crippen LogP contribution in [0.15, 0.2) is 18.7 Å². The molecule has 0 radical (unpaired) electrons. The molecule has 0 amide bonds. The standard InChI is InChI=1S/C10H15N3O/c1-8-5-13(6-9(2)14-8)10-3-11-7-12-4-10/h3-4,7-9H,5-6H2,1-2H3. The van der Waals surface area contributed by atoms with E-state index in [-0.39, 0.29) is 12.2 Å². The molecule has 1 aromatic rings. The number of ether oxygens (including phenoxy) is 1. The first kappa shape index (κ1) is 9.40. The summed E-state index contributed by atoms with van der Waals surface area (Å²) < 4.78 is 5.66. The van der Waals surface area contributed by atoms with Crippen molar-refractivity contribution >= 4 is 5.69 Å². The summed E-state index contributed by atoms with van der Waals surface area (Å²) in [5.41, 5.74) is 1.08. The summed E-state index contributed by atoms with van der Waals surface area (Å²) >= 11 is 0. The average molecular weight is 193 g/mol. The van der Waals surface area contributed by atoms with Crippen molar-refractivity contribution < 1.29 is 4.74 Å². The van der Waals surface area contributed by atoms with Gasteiger partial charge in [-0.25, -0.2) is 9.97 Å². The first-order valence-corrected chi connectivity index (χ1v) is 4.91. The van der Waals surface area contributed by atoms with Gasteiger partial charge in [0, 0.05) is 13.1 Å². The first-order valence-electron chi connectivity index (χ1n) is 4.91. The normalized spacial score (nSPS) is 27.7. The molecule has 2 unspecified atom stereocenters. The lowest BCUT2D eigenvalue weighted by molar-refractivity contribution is -0.00525. The third kappa shape index (κ3) is 2.01. The van der Waals surface area contributed by atoms with Crippen molar-refractivity contribution in [2.24, 2.45) is 0 Å². The molecule has 1 aliphatic heterocycles. The molecule has 2 rings (SSSR count). The van der Waals surface area contributed by atoms with E-state index in [2.05, 4.69) is 28.7 Å². The van der Waals surface area contributed by atoms with E-state index in [1.54, 1.807) is 6.33 Å². The van der Waals surface area contributed by atoms with Gasteiger partial charge in [0.1, 0.15) is 6.33 Å². The summed E-state index contributed by atoms with van der Waals surface area (Å²) in [7, 11) is 0. The van der Waals surface area contributed by atoms with E-state index in [9.17, 15) is 0 Å². The smallest absolute Gasteiger partial charge is 0.115 e. The van der Waals surface area contributed by atoms with Crippen molar-refractivity contribution in [3.05, 3.63) is 18.7 Å². The molecule has 2 heterocycles. The number of aromatic nitrogens is 2. The SMILES string of the molecule is CC1CN(c2cncnc2)CC(C)O1. The van der Waals surface area contributed by atoms with Crippen LogP contribution in [-0.4, -0.2) is 35.3 Å². The predicted octanol–water partition coefficient (Wildman–Crippen LogP) is 1.09. The van der Waals surface area contributed by atoms with E-state index in [1.165, 1.54) is 0 Å². The lowest BCUT2D eigenvalue weighted by atomic mass is 10.2. The Morgan fingerprint density at radius 2 is 1.79 bits per heavy atom. The largest absolute Gasteiger partial charge is 0.372 e. The summed E-state index contributed by atoms with van der Waals surface area (Å²) in [4.78, 5) is 10.3. The van der Waals surface area contributed by atoms with Gasteiger partial charge in [-0.05, 0) is 13.8 Å². The number of rotatable bonds is 1. The van der Waals surface area contributed by atoms with E-state index in [0.29, 0.717) is 0 Å². The Kier molecular flexibility index (Phi) is 2.63. The van der Waals surface area contributed by atoms with Gasteiger partial charge in [-0.1, -0.05) is 0 Å². The molecule has 0 N–H and O–H groups in total. The van der Waals surface area contributed by atoms with E-state index in [1.807, 2.05) is 12.4 Å². The topological polar surface area (TPSA) is 38.2 Å². The van der Waals surface area contributed by atoms with Crippen molar-refractivity contribution in [1.29, 1.82) is 0 Å². The van der Waals surface area contributed by atoms with Crippen molar-refractivity contribution in [2.45, 2.75) is 26.1 Å². The molecule has 1 fully saturated rings. The maximum atomic E-state index is 5.66. The zero-order valence-corrected chi connectivity index (χ0v) is 8.55. The van der Waals surface area contributed by atoms with Crippen LogP contribution in [0.4, 0.5) is 5.69 Å². The minimum atomic E-state index is 0.277. The zero-order chi connectivity index (χ0) is 9.97. The van der Waals surface area contributed by atoms with Gasteiger partial charge >= 0.3 is 0 Å². The Bertz CT molecular complexity index is 281. The summed E-state index contributed by atoms with van der Waals surface area (Å²) in [6, 6.07) is 0. The number of morpholine rings is 1. The highest BCUT2D eigenvalue weighted by molar-refractivity contribution is 5.42. The maximum absolute atomic E-state index is 5.66. The van der Waals surface area contributed by atoms with Gasteiger partial charge in [0.25, 0.3) is 0 Å². The number of nitrogens with zero attached hydrogens (tertiary/aromatic N) is 3. The van der Waals surface area contributed by atoms with Gasteiger partial charge in [-0.15, -0.1) is 0 Å². The Morgan fingerprint density at radius 1 is 1.21 bits per heavy atom. The van der Waals surface area contributed by atoms with Crippen molar-refractivity contribution in [3.63, 3.8) is 0 Å². The summed E-state index contributed by atoms with van der Waals surface area (Å²) in [5.74, 6) is 0. The molecule has 76 valence electrons. The van der Waals surface area contributed by atoms with Crippen LogP contribution in [-0.2, 0) is 4.74 Å². The predicted molar refractivity (Wildman–Crippen MR) is 54.3 cm³/mol. The lowest BCUT2D eigenvalue weighted by Crippen LogP contribution is -2.45. The fourth-order valence-electron chi connectivity index (χ4n) is 1.84. The van der Waals surface area contributed by atoms with Gasteiger partial charge in [-0.3, -0.25) is 0 Å². The zero-order valence-electron chi connectivity index (χ0n) is 8.55. The molecular weight excluding hydrogens is 178 g/mol. The van der Waals surface area contributed by atoms with E-state index >= 15 is 0 Å². The molecule has 0 saturated carbocycles. The number of hydrogen-bond donors (Lipinski definition) is 0. The third-order valence-electron chi connectivity index (χ3n) is 2.33. The van der Waals surface area contributed by atoms with E-state index in [4.69, 9.17) is 4.74 Å².